The number of pyridine rings is 1. The van der Waals surface area contributed by atoms with Crippen LogP contribution in [0.3, 0.4) is 0 Å². The van der Waals surface area contributed by atoms with Crippen LogP contribution >= 0.6 is 11.8 Å². The highest BCUT2D eigenvalue weighted by atomic mass is 32.2. The highest BCUT2D eigenvalue weighted by Gasteiger charge is 2.38. The quantitative estimate of drug-likeness (QED) is 0.139. The monoisotopic (exact) mass is 612 g/mol. The zero-order valence-corrected chi connectivity index (χ0v) is 25.0. The smallest absolute Gasteiger partial charge is 0.338 e. The molecule has 1 aliphatic rings. The lowest BCUT2D eigenvalue weighted by atomic mass is 9.91. The van der Waals surface area contributed by atoms with E-state index in [0.717, 1.165) is 11.1 Å². The van der Waals surface area contributed by atoms with Crippen LogP contribution in [0.15, 0.2) is 96.2 Å². The number of rotatable bonds is 10. The van der Waals surface area contributed by atoms with Gasteiger partial charge in [0, 0.05) is 40.2 Å². The molecule has 226 valence electrons. The summed E-state index contributed by atoms with van der Waals surface area (Å²) in [4.78, 5) is 41.0. The maximum Gasteiger partial charge on any atom is 0.338 e. The number of carbonyl (C=O) groups excluding carboxylic acids is 2. The number of anilines is 1. The lowest BCUT2D eigenvalue weighted by Gasteiger charge is -2.41. The van der Waals surface area contributed by atoms with E-state index in [1.165, 1.54) is 24.8 Å². The SMILES string of the molecule is CC(=O)c1cccc(NC(=O)c2cccc(C3O[C@H](CSc4ncccc4C(=O)O)[C@H](C)[C@H](c4ccc(CO)cc4)O3)c2)c1. The third-order valence-corrected chi connectivity index (χ3v) is 8.55. The first-order valence-electron chi connectivity index (χ1n) is 14.1. The van der Waals surface area contributed by atoms with Crippen molar-refractivity contribution in [1.82, 2.24) is 4.98 Å². The van der Waals surface area contributed by atoms with Gasteiger partial charge in [-0.3, -0.25) is 9.59 Å². The fourth-order valence-electron chi connectivity index (χ4n) is 4.99. The van der Waals surface area contributed by atoms with E-state index in [9.17, 15) is 24.6 Å². The minimum absolute atomic E-state index is 0.0732. The van der Waals surface area contributed by atoms with Crippen molar-refractivity contribution in [2.45, 2.75) is 44.0 Å². The van der Waals surface area contributed by atoms with E-state index in [0.29, 0.717) is 33.2 Å². The van der Waals surface area contributed by atoms with Crippen molar-refractivity contribution < 1.29 is 34.1 Å². The number of benzene rings is 3. The van der Waals surface area contributed by atoms with Crippen LogP contribution in [0.25, 0.3) is 0 Å². The first-order chi connectivity index (χ1) is 21.2. The van der Waals surface area contributed by atoms with E-state index in [1.807, 2.05) is 37.3 Å². The van der Waals surface area contributed by atoms with Gasteiger partial charge in [-0.2, -0.15) is 0 Å². The molecule has 3 N–H and O–H groups in total. The minimum Gasteiger partial charge on any atom is -0.478 e. The predicted octanol–water partition coefficient (Wildman–Crippen LogP) is 6.31. The number of aromatic nitrogens is 1. The van der Waals surface area contributed by atoms with Gasteiger partial charge in [-0.1, -0.05) is 55.5 Å². The Labute approximate surface area is 259 Å². The van der Waals surface area contributed by atoms with Gasteiger partial charge >= 0.3 is 5.97 Å². The summed E-state index contributed by atoms with van der Waals surface area (Å²) in [5.74, 6) is -1.22. The number of ether oxygens (including phenoxy) is 2. The summed E-state index contributed by atoms with van der Waals surface area (Å²) in [7, 11) is 0. The summed E-state index contributed by atoms with van der Waals surface area (Å²) >= 11 is 1.30. The summed E-state index contributed by atoms with van der Waals surface area (Å²) in [6.45, 7) is 3.41. The number of carbonyl (C=O) groups is 3. The Morgan fingerprint density at radius 1 is 0.909 bits per heavy atom. The van der Waals surface area contributed by atoms with Gasteiger partial charge < -0.3 is 25.0 Å². The molecule has 4 atom stereocenters. The van der Waals surface area contributed by atoms with E-state index in [2.05, 4.69) is 10.3 Å². The molecule has 1 amide bonds. The molecule has 0 radical (unpaired) electrons. The second-order valence-electron chi connectivity index (χ2n) is 10.5. The highest BCUT2D eigenvalue weighted by Crippen LogP contribution is 2.43. The van der Waals surface area contributed by atoms with Crippen molar-refractivity contribution in [1.29, 1.82) is 0 Å². The number of aromatic carboxylic acids is 1. The molecule has 44 heavy (non-hydrogen) atoms. The van der Waals surface area contributed by atoms with Gasteiger partial charge in [0.05, 0.1) is 24.4 Å². The number of aliphatic hydroxyl groups excluding tert-OH is 1. The zero-order chi connectivity index (χ0) is 31.2. The van der Waals surface area contributed by atoms with E-state index in [-0.39, 0.29) is 42.0 Å². The van der Waals surface area contributed by atoms with Crippen LogP contribution in [0.5, 0.6) is 0 Å². The molecule has 0 saturated carbocycles. The molecule has 0 spiro atoms. The Balaban J connectivity index is 1.40. The number of hydrogen-bond donors (Lipinski definition) is 3. The molecule has 10 heteroatoms. The van der Waals surface area contributed by atoms with Crippen molar-refractivity contribution in [2.75, 3.05) is 11.1 Å². The van der Waals surface area contributed by atoms with Gasteiger partial charge in [0.2, 0.25) is 0 Å². The molecule has 3 aromatic carbocycles. The number of thioether (sulfide) groups is 1. The van der Waals surface area contributed by atoms with Gasteiger partial charge in [0.15, 0.2) is 12.1 Å². The molecule has 4 aromatic rings. The van der Waals surface area contributed by atoms with Crippen molar-refractivity contribution in [3.05, 3.63) is 125 Å². The fourth-order valence-corrected chi connectivity index (χ4v) is 6.14. The summed E-state index contributed by atoms with van der Waals surface area (Å²) in [6.07, 6.45) is -0.0151. The molecule has 1 fully saturated rings. The molecule has 1 unspecified atom stereocenters. The number of nitrogens with one attached hydrogen (secondary N) is 1. The molecule has 5 rings (SSSR count). The Kier molecular flexibility index (Phi) is 9.86. The fraction of sp³-hybridized carbons (Fsp3) is 0.235. The number of carboxylic acid groups (broad SMARTS) is 1. The summed E-state index contributed by atoms with van der Waals surface area (Å²) in [5, 5.41) is 22.4. The minimum atomic E-state index is -1.05. The number of amides is 1. The van der Waals surface area contributed by atoms with Crippen LogP contribution in [0.2, 0.25) is 0 Å². The molecule has 1 saturated heterocycles. The molecule has 2 heterocycles. The molecular weight excluding hydrogens is 580 g/mol. The van der Waals surface area contributed by atoms with Crippen LogP contribution < -0.4 is 5.32 Å². The van der Waals surface area contributed by atoms with E-state index in [1.54, 1.807) is 54.7 Å². The average molecular weight is 613 g/mol. The van der Waals surface area contributed by atoms with Crippen LogP contribution in [0.4, 0.5) is 5.69 Å². The Bertz CT molecular complexity index is 1660. The normalized spacial score (nSPS) is 19.7. The third kappa shape index (κ3) is 7.23. The average Bonchev–Trinajstić information content (AvgIpc) is 3.04. The number of aliphatic hydroxyl groups is 1. The van der Waals surface area contributed by atoms with Crippen LogP contribution in [-0.4, -0.2) is 44.7 Å². The molecule has 1 aliphatic heterocycles. The van der Waals surface area contributed by atoms with E-state index in [4.69, 9.17) is 9.47 Å². The van der Waals surface area contributed by atoms with Crippen LogP contribution in [-0.2, 0) is 16.1 Å². The largest absolute Gasteiger partial charge is 0.478 e. The number of Topliss-reactive ketones (excluding diaryl/α,β-unsaturated/α-hetero) is 1. The first kappa shape index (κ1) is 31.1. The predicted molar refractivity (Wildman–Crippen MR) is 166 cm³/mol. The summed E-state index contributed by atoms with van der Waals surface area (Å²) in [5.41, 5.74) is 3.83. The van der Waals surface area contributed by atoms with E-state index >= 15 is 0 Å². The second kappa shape index (κ2) is 14.0. The lowest BCUT2D eigenvalue weighted by molar-refractivity contribution is -0.268. The van der Waals surface area contributed by atoms with Gasteiger partial charge in [0.25, 0.3) is 5.91 Å². The lowest BCUT2D eigenvalue weighted by Crippen LogP contribution is -2.38. The standard InChI is InChI=1S/C34H32N2O7S/c1-20-29(19-44-32-28(33(40)41)10-5-15-35-32)42-34(43-30(20)23-13-11-22(18-37)12-14-23)26-8-3-7-25(16-26)31(39)36-27-9-4-6-24(17-27)21(2)38/h3-17,20,29-30,34,37H,18-19H2,1-2H3,(H,36,39)(H,40,41)/t20-,29+,30+,34?/m0/s1. The third-order valence-electron chi connectivity index (χ3n) is 7.46. The van der Waals surface area contributed by atoms with Gasteiger partial charge in [-0.05, 0) is 54.4 Å². The Morgan fingerprint density at radius 3 is 2.39 bits per heavy atom. The Morgan fingerprint density at radius 2 is 1.66 bits per heavy atom. The summed E-state index contributed by atoms with van der Waals surface area (Å²) < 4.78 is 13.0. The first-order valence-corrected chi connectivity index (χ1v) is 15.1. The van der Waals surface area contributed by atoms with Crippen molar-refractivity contribution >= 4 is 35.1 Å². The topological polar surface area (TPSA) is 135 Å². The molecule has 0 aliphatic carbocycles. The molecule has 0 bridgehead atoms. The van der Waals surface area contributed by atoms with Crippen molar-refractivity contribution in [2.24, 2.45) is 5.92 Å². The van der Waals surface area contributed by atoms with Crippen LogP contribution in [0, 0.1) is 5.92 Å². The highest BCUT2D eigenvalue weighted by molar-refractivity contribution is 7.99. The molecule has 1 aromatic heterocycles. The van der Waals surface area contributed by atoms with Crippen molar-refractivity contribution in [3.63, 3.8) is 0 Å². The number of carboxylic acids is 1. The van der Waals surface area contributed by atoms with Gasteiger partial charge in [0.1, 0.15) is 5.03 Å². The van der Waals surface area contributed by atoms with Crippen LogP contribution in [0.1, 0.15) is 74.0 Å². The maximum atomic E-state index is 13.2. The van der Waals surface area contributed by atoms with Crippen molar-refractivity contribution in [3.8, 4) is 0 Å². The van der Waals surface area contributed by atoms with E-state index < -0.39 is 12.3 Å². The maximum absolute atomic E-state index is 13.2. The number of hydrogen-bond acceptors (Lipinski definition) is 8. The zero-order valence-electron chi connectivity index (χ0n) is 24.2. The summed E-state index contributed by atoms with van der Waals surface area (Å²) in [6, 6.07) is 24.4. The Hall–Kier alpha value is -4.35. The van der Waals surface area contributed by atoms with Gasteiger partial charge in [-0.15, -0.1) is 11.8 Å². The number of ketones is 1. The number of nitrogens with zero attached hydrogens (tertiary/aromatic N) is 1. The molecule has 9 nitrogen and oxygen atoms in total. The van der Waals surface area contributed by atoms with Gasteiger partial charge in [-0.25, -0.2) is 9.78 Å². The second-order valence-corrected chi connectivity index (χ2v) is 11.5. The molecular formula is C34H32N2O7S.